The van der Waals surface area contributed by atoms with Crippen molar-refractivity contribution in [2.75, 3.05) is 6.16 Å². The van der Waals surface area contributed by atoms with Gasteiger partial charge < -0.3 is 9.79 Å². The Balaban J connectivity index is 2.05. The van der Waals surface area contributed by atoms with E-state index in [4.69, 9.17) is 9.79 Å². The SMILES string of the molecule is CC1(C)C2CCC(CP(=O)(O)O)C1C2. The number of hydrogen-bond acceptors (Lipinski definition) is 1. The summed E-state index contributed by atoms with van der Waals surface area (Å²) in [4.78, 5) is 18.0. The van der Waals surface area contributed by atoms with Crippen molar-refractivity contribution in [3.8, 4) is 0 Å². The smallest absolute Gasteiger partial charge is 0.324 e. The molecule has 0 aromatic carbocycles. The third-order valence-electron chi connectivity index (χ3n) is 4.47. The molecule has 14 heavy (non-hydrogen) atoms. The van der Waals surface area contributed by atoms with E-state index >= 15 is 0 Å². The van der Waals surface area contributed by atoms with Crippen LogP contribution in [0.5, 0.6) is 0 Å². The van der Waals surface area contributed by atoms with Crippen LogP contribution in [-0.2, 0) is 4.57 Å². The van der Waals surface area contributed by atoms with Gasteiger partial charge in [-0.2, -0.15) is 0 Å². The second-order valence-electron chi connectivity index (χ2n) is 5.55. The lowest BCUT2D eigenvalue weighted by Gasteiger charge is -2.60. The summed E-state index contributed by atoms with van der Waals surface area (Å²) in [7, 11) is -3.80. The molecular weight excluding hydrogens is 199 g/mol. The second kappa shape index (κ2) is 3.07. The van der Waals surface area contributed by atoms with E-state index in [9.17, 15) is 4.57 Å². The molecule has 3 nitrogen and oxygen atoms in total. The maximum Gasteiger partial charge on any atom is 0.325 e. The zero-order chi connectivity index (χ0) is 10.6. The fraction of sp³-hybridized carbons (Fsp3) is 1.00. The predicted octanol–water partition coefficient (Wildman–Crippen LogP) is 2.24. The average Bonchev–Trinajstić information content (AvgIpc) is 2.00. The van der Waals surface area contributed by atoms with Crippen LogP contribution in [-0.4, -0.2) is 15.9 Å². The molecule has 0 spiro atoms. The van der Waals surface area contributed by atoms with Crippen LogP contribution in [0.25, 0.3) is 0 Å². The molecule has 4 heteroatoms. The molecule has 0 heterocycles. The van der Waals surface area contributed by atoms with Crippen molar-refractivity contribution in [3.05, 3.63) is 0 Å². The molecule has 3 rings (SSSR count). The summed E-state index contributed by atoms with van der Waals surface area (Å²) in [5.74, 6) is 1.62. The first-order valence-electron chi connectivity index (χ1n) is 5.35. The lowest BCUT2D eigenvalue weighted by Crippen LogP contribution is -2.53. The minimum Gasteiger partial charge on any atom is -0.324 e. The Kier molecular flexibility index (Phi) is 2.34. The monoisotopic (exact) mass is 218 g/mol. The average molecular weight is 218 g/mol. The molecule has 0 saturated heterocycles. The van der Waals surface area contributed by atoms with E-state index < -0.39 is 7.60 Å². The molecule has 2 bridgehead atoms. The lowest BCUT2D eigenvalue weighted by molar-refractivity contribution is -0.0986. The van der Waals surface area contributed by atoms with E-state index in [0.29, 0.717) is 11.3 Å². The van der Waals surface area contributed by atoms with Gasteiger partial charge in [-0.05, 0) is 42.4 Å². The number of hydrogen-bond donors (Lipinski definition) is 2. The van der Waals surface area contributed by atoms with Gasteiger partial charge in [0.2, 0.25) is 0 Å². The lowest BCUT2D eigenvalue weighted by atomic mass is 9.46. The van der Waals surface area contributed by atoms with Crippen LogP contribution < -0.4 is 0 Å². The molecule has 82 valence electrons. The highest BCUT2D eigenvalue weighted by Crippen LogP contribution is 2.63. The Hall–Kier alpha value is 0.150. The molecule has 0 aromatic rings. The normalized spacial score (nSPS) is 40.4. The fourth-order valence-corrected chi connectivity index (χ4v) is 4.53. The zero-order valence-electron chi connectivity index (χ0n) is 8.81. The van der Waals surface area contributed by atoms with E-state index in [1.807, 2.05) is 0 Å². The van der Waals surface area contributed by atoms with Gasteiger partial charge in [-0.1, -0.05) is 13.8 Å². The zero-order valence-corrected chi connectivity index (χ0v) is 9.70. The summed E-state index contributed by atoms with van der Waals surface area (Å²) in [6, 6.07) is 0. The van der Waals surface area contributed by atoms with Gasteiger partial charge in [0.25, 0.3) is 0 Å². The van der Waals surface area contributed by atoms with Gasteiger partial charge in [-0.15, -0.1) is 0 Å². The summed E-state index contributed by atoms with van der Waals surface area (Å²) in [6.07, 6.45) is 3.48. The fourth-order valence-electron chi connectivity index (χ4n) is 3.49. The van der Waals surface area contributed by atoms with E-state index in [1.165, 1.54) is 6.42 Å². The standard InChI is InChI=1S/C10H19O3P/c1-10(2)8-4-3-7(9(10)5-8)6-14(11,12)13/h7-9H,3-6H2,1-2H3,(H2,11,12,13). The summed E-state index contributed by atoms with van der Waals surface area (Å²) >= 11 is 0. The molecule has 0 aromatic heterocycles. The number of fused-ring (bicyclic) bond motifs is 2. The Bertz CT molecular complexity index is 279. The van der Waals surface area contributed by atoms with Crippen molar-refractivity contribution >= 4 is 7.60 Å². The van der Waals surface area contributed by atoms with Crippen molar-refractivity contribution in [2.45, 2.75) is 33.1 Å². The van der Waals surface area contributed by atoms with Crippen LogP contribution in [0.4, 0.5) is 0 Å². The van der Waals surface area contributed by atoms with Crippen molar-refractivity contribution in [1.82, 2.24) is 0 Å². The van der Waals surface area contributed by atoms with E-state index in [2.05, 4.69) is 13.8 Å². The highest BCUT2D eigenvalue weighted by atomic mass is 31.2. The van der Waals surface area contributed by atoms with E-state index in [-0.39, 0.29) is 12.1 Å². The van der Waals surface area contributed by atoms with Crippen LogP contribution in [0.15, 0.2) is 0 Å². The van der Waals surface area contributed by atoms with Crippen LogP contribution in [0.2, 0.25) is 0 Å². The highest BCUT2D eigenvalue weighted by molar-refractivity contribution is 7.51. The highest BCUT2D eigenvalue weighted by Gasteiger charge is 2.54. The Morgan fingerprint density at radius 3 is 2.43 bits per heavy atom. The van der Waals surface area contributed by atoms with Crippen LogP contribution in [0.1, 0.15) is 33.1 Å². The molecule has 0 amide bonds. The van der Waals surface area contributed by atoms with Crippen molar-refractivity contribution in [2.24, 2.45) is 23.2 Å². The molecule has 3 fully saturated rings. The molecular formula is C10H19O3P. The Labute approximate surface area is 85.1 Å². The molecule has 3 aliphatic carbocycles. The van der Waals surface area contributed by atoms with Gasteiger partial charge in [0.05, 0.1) is 6.16 Å². The van der Waals surface area contributed by atoms with Crippen molar-refractivity contribution in [3.63, 3.8) is 0 Å². The molecule has 3 unspecified atom stereocenters. The predicted molar refractivity (Wildman–Crippen MR) is 55.0 cm³/mol. The topological polar surface area (TPSA) is 57.5 Å². The third kappa shape index (κ3) is 1.66. The molecule has 3 aliphatic rings. The number of rotatable bonds is 2. The van der Waals surface area contributed by atoms with Crippen LogP contribution in [0, 0.1) is 23.2 Å². The van der Waals surface area contributed by atoms with Gasteiger partial charge in [-0.3, -0.25) is 4.57 Å². The van der Waals surface area contributed by atoms with Gasteiger partial charge in [-0.25, -0.2) is 0 Å². The third-order valence-corrected chi connectivity index (χ3v) is 5.42. The van der Waals surface area contributed by atoms with E-state index in [0.717, 1.165) is 18.8 Å². The summed E-state index contributed by atoms with van der Waals surface area (Å²) in [5.41, 5.74) is 0.331. The Morgan fingerprint density at radius 2 is 2.00 bits per heavy atom. The van der Waals surface area contributed by atoms with Crippen molar-refractivity contribution < 1.29 is 14.4 Å². The van der Waals surface area contributed by atoms with Gasteiger partial charge in [0.15, 0.2) is 0 Å². The summed E-state index contributed by atoms with van der Waals surface area (Å²) in [5, 5.41) is 0. The molecule has 3 saturated carbocycles. The molecule has 0 radical (unpaired) electrons. The minimum absolute atomic E-state index is 0.105. The van der Waals surface area contributed by atoms with Gasteiger partial charge in [0.1, 0.15) is 0 Å². The first-order valence-corrected chi connectivity index (χ1v) is 7.15. The van der Waals surface area contributed by atoms with Gasteiger partial charge in [0, 0.05) is 0 Å². The minimum atomic E-state index is -3.80. The van der Waals surface area contributed by atoms with Crippen LogP contribution in [0.3, 0.4) is 0 Å². The quantitative estimate of drug-likeness (QED) is 0.699. The van der Waals surface area contributed by atoms with Crippen LogP contribution >= 0.6 is 7.60 Å². The maximum atomic E-state index is 11.0. The largest absolute Gasteiger partial charge is 0.325 e. The summed E-state index contributed by atoms with van der Waals surface area (Å²) in [6.45, 7) is 4.50. The van der Waals surface area contributed by atoms with Gasteiger partial charge >= 0.3 is 7.60 Å². The molecule has 2 N–H and O–H groups in total. The van der Waals surface area contributed by atoms with Crippen molar-refractivity contribution in [1.29, 1.82) is 0 Å². The second-order valence-corrected chi connectivity index (χ2v) is 7.24. The summed E-state index contributed by atoms with van der Waals surface area (Å²) < 4.78 is 11.0. The first kappa shape index (κ1) is 10.7. The Morgan fingerprint density at radius 1 is 1.36 bits per heavy atom. The first-order chi connectivity index (χ1) is 6.31. The maximum absolute atomic E-state index is 11.0. The van der Waals surface area contributed by atoms with E-state index in [1.54, 1.807) is 0 Å². The molecule has 0 aliphatic heterocycles. The molecule has 3 atom stereocenters.